The maximum Gasteiger partial charge on any atom is 0.254 e. The number of rotatable bonds is 5. The first-order chi connectivity index (χ1) is 13.5. The average molecular weight is 397 g/mol. The molecule has 0 spiro atoms. The molecule has 1 unspecified atom stereocenters. The Morgan fingerprint density at radius 3 is 2.89 bits per heavy atom. The molecule has 4 rings (SSSR count). The second-order valence-corrected chi connectivity index (χ2v) is 8.17. The minimum atomic E-state index is 0.0863. The number of nitrogens with zero attached hydrogens (tertiary/aromatic N) is 5. The Hall–Kier alpha value is -2.45. The Morgan fingerprint density at radius 1 is 1.29 bits per heavy atom. The lowest BCUT2D eigenvalue weighted by atomic mass is 10.1. The molecule has 8 heteroatoms. The van der Waals surface area contributed by atoms with E-state index < -0.39 is 0 Å². The van der Waals surface area contributed by atoms with Crippen molar-refractivity contribution in [1.82, 2.24) is 24.5 Å². The summed E-state index contributed by atoms with van der Waals surface area (Å²) in [6.45, 7) is 6.09. The van der Waals surface area contributed by atoms with Gasteiger partial charge >= 0.3 is 0 Å². The van der Waals surface area contributed by atoms with Gasteiger partial charge in [-0.1, -0.05) is 30.0 Å². The smallest absolute Gasteiger partial charge is 0.254 e. The highest BCUT2D eigenvalue weighted by Gasteiger charge is 2.27. The maximum atomic E-state index is 13.0. The van der Waals surface area contributed by atoms with Crippen molar-refractivity contribution in [1.29, 1.82) is 0 Å². The molecule has 1 amide bonds. The molecule has 2 aromatic heterocycles. The molecular weight excluding hydrogens is 372 g/mol. The lowest BCUT2D eigenvalue weighted by molar-refractivity contribution is 0.0787. The summed E-state index contributed by atoms with van der Waals surface area (Å²) in [5.74, 6) is 1.73. The van der Waals surface area contributed by atoms with Gasteiger partial charge in [0.15, 0.2) is 0 Å². The molecule has 1 fully saturated rings. The van der Waals surface area contributed by atoms with E-state index in [-0.39, 0.29) is 5.91 Å². The molecule has 1 atom stereocenters. The monoisotopic (exact) mass is 396 g/mol. The molecule has 2 N–H and O–H groups in total. The van der Waals surface area contributed by atoms with E-state index in [1.807, 2.05) is 49.1 Å². The molecule has 0 bridgehead atoms. The molecule has 0 radical (unpaired) electrons. The van der Waals surface area contributed by atoms with Gasteiger partial charge in [0.1, 0.15) is 0 Å². The van der Waals surface area contributed by atoms with Gasteiger partial charge in [0.25, 0.3) is 11.7 Å². The normalized spacial score (nSPS) is 16.8. The van der Waals surface area contributed by atoms with E-state index in [9.17, 15) is 4.79 Å². The number of benzene rings is 1. The highest BCUT2D eigenvalue weighted by atomic mass is 32.2. The van der Waals surface area contributed by atoms with Crippen LogP contribution in [0.5, 0.6) is 0 Å². The van der Waals surface area contributed by atoms with Crippen molar-refractivity contribution in [3.63, 3.8) is 0 Å². The number of aryl methyl sites for hydroxylation is 2. The molecule has 146 valence electrons. The SMILES string of the molecule is Cc1cc(C)n2nc(SCc3ccccc3C(=O)N3CCC(CN)C3)nc2n1. The molecular formula is C20H24N6OS. The summed E-state index contributed by atoms with van der Waals surface area (Å²) in [7, 11) is 0. The van der Waals surface area contributed by atoms with Crippen LogP contribution in [0.15, 0.2) is 35.5 Å². The number of fused-ring (bicyclic) bond motifs is 1. The van der Waals surface area contributed by atoms with Gasteiger partial charge in [0.2, 0.25) is 5.16 Å². The van der Waals surface area contributed by atoms with Crippen LogP contribution in [0.3, 0.4) is 0 Å². The summed E-state index contributed by atoms with van der Waals surface area (Å²) in [5.41, 5.74) is 9.44. The van der Waals surface area contributed by atoms with Crippen molar-refractivity contribution in [3.8, 4) is 0 Å². The van der Waals surface area contributed by atoms with Gasteiger partial charge in [-0.3, -0.25) is 4.79 Å². The van der Waals surface area contributed by atoms with E-state index in [1.165, 1.54) is 11.8 Å². The highest BCUT2D eigenvalue weighted by Crippen LogP contribution is 2.25. The van der Waals surface area contributed by atoms with Crippen molar-refractivity contribution < 1.29 is 4.79 Å². The van der Waals surface area contributed by atoms with Crippen molar-refractivity contribution in [2.75, 3.05) is 19.6 Å². The van der Waals surface area contributed by atoms with E-state index in [1.54, 1.807) is 4.52 Å². The van der Waals surface area contributed by atoms with E-state index in [0.29, 0.717) is 29.1 Å². The third-order valence-corrected chi connectivity index (χ3v) is 6.00. The largest absolute Gasteiger partial charge is 0.338 e. The van der Waals surface area contributed by atoms with Crippen LogP contribution in [0.25, 0.3) is 5.78 Å². The minimum absolute atomic E-state index is 0.0863. The number of aromatic nitrogens is 4. The molecule has 3 heterocycles. The fraction of sp³-hybridized carbons (Fsp3) is 0.400. The van der Waals surface area contributed by atoms with Crippen LogP contribution in [0.2, 0.25) is 0 Å². The fourth-order valence-electron chi connectivity index (χ4n) is 3.59. The number of hydrogen-bond donors (Lipinski definition) is 1. The van der Waals surface area contributed by atoms with Gasteiger partial charge in [-0.25, -0.2) is 9.50 Å². The zero-order valence-electron chi connectivity index (χ0n) is 16.1. The Balaban J connectivity index is 1.52. The number of amides is 1. The van der Waals surface area contributed by atoms with Gasteiger partial charge < -0.3 is 10.6 Å². The zero-order valence-corrected chi connectivity index (χ0v) is 16.9. The summed E-state index contributed by atoms with van der Waals surface area (Å²) in [4.78, 5) is 23.9. The molecule has 1 aliphatic rings. The topological polar surface area (TPSA) is 89.4 Å². The molecule has 3 aromatic rings. The fourth-order valence-corrected chi connectivity index (χ4v) is 4.41. The lowest BCUT2D eigenvalue weighted by Crippen LogP contribution is -2.30. The number of likely N-dealkylation sites (tertiary alicyclic amines) is 1. The minimum Gasteiger partial charge on any atom is -0.338 e. The van der Waals surface area contributed by atoms with Gasteiger partial charge in [-0.2, -0.15) is 4.98 Å². The number of carbonyl (C=O) groups is 1. The summed E-state index contributed by atoms with van der Waals surface area (Å²) in [6.07, 6.45) is 0.982. The third-order valence-electron chi connectivity index (χ3n) is 5.11. The Labute approximate surface area is 168 Å². The number of nitrogens with two attached hydrogens (primary N) is 1. The zero-order chi connectivity index (χ0) is 19.7. The first-order valence-corrected chi connectivity index (χ1v) is 10.4. The van der Waals surface area contributed by atoms with Crippen LogP contribution in [-0.4, -0.2) is 50.0 Å². The molecule has 1 saturated heterocycles. The first kappa shape index (κ1) is 18.9. The molecule has 1 aliphatic heterocycles. The van der Waals surface area contributed by atoms with Crippen LogP contribution in [0.4, 0.5) is 0 Å². The predicted octanol–water partition coefficient (Wildman–Crippen LogP) is 2.45. The van der Waals surface area contributed by atoms with Crippen LogP contribution < -0.4 is 5.73 Å². The van der Waals surface area contributed by atoms with Gasteiger partial charge in [-0.05, 0) is 50.4 Å². The first-order valence-electron chi connectivity index (χ1n) is 9.46. The van der Waals surface area contributed by atoms with E-state index in [2.05, 4.69) is 15.1 Å². The summed E-state index contributed by atoms with van der Waals surface area (Å²) < 4.78 is 1.75. The average Bonchev–Trinajstić information content (AvgIpc) is 3.33. The van der Waals surface area contributed by atoms with E-state index >= 15 is 0 Å². The molecule has 28 heavy (non-hydrogen) atoms. The lowest BCUT2D eigenvalue weighted by Gasteiger charge is -2.18. The Morgan fingerprint density at radius 2 is 2.11 bits per heavy atom. The number of carbonyl (C=O) groups excluding carboxylic acids is 1. The summed E-state index contributed by atoms with van der Waals surface area (Å²) >= 11 is 1.52. The standard InChI is InChI=1S/C20H24N6OS/c1-13-9-14(2)26-19(22-13)23-20(24-26)28-12-16-5-3-4-6-17(16)18(27)25-8-7-15(10-21)11-25/h3-6,9,15H,7-8,10-12,21H2,1-2H3. The Kier molecular flexibility index (Phi) is 5.32. The van der Waals surface area contributed by atoms with Crippen molar-refractivity contribution in [2.45, 2.75) is 31.2 Å². The molecule has 1 aromatic carbocycles. The van der Waals surface area contributed by atoms with Gasteiger partial charge in [0.05, 0.1) is 0 Å². The van der Waals surface area contributed by atoms with Crippen LogP contribution in [0.1, 0.15) is 33.7 Å². The molecule has 0 saturated carbocycles. The predicted molar refractivity (Wildman–Crippen MR) is 109 cm³/mol. The van der Waals surface area contributed by atoms with Crippen LogP contribution in [0, 0.1) is 19.8 Å². The van der Waals surface area contributed by atoms with E-state index in [4.69, 9.17) is 5.73 Å². The maximum absolute atomic E-state index is 13.0. The van der Waals surface area contributed by atoms with Gasteiger partial charge in [-0.15, -0.1) is 5.10 Å². The number of hydrogen-bond acceptors (Lipinski definition) is 6. The van der Waals surface area contributed by atoms with Crippen LogP contribution in [-0.2, 0) is 5.75 Å². The van der Waals surface area contributed by atoms with E-state index in [0.717, 1.165) is 42.0 Å². The summed E-state index contributed by atoms with van der Waals surface area (Å²) in [6, 6.07) is 9.76. The second kappa shape index (κ2) is 7.89. The molecule has 7 nitrogen and oxygen atoms in total. The number of thioether (sulfide) groups is 1. The quantitative estimate of drug-likeness (QED) is 0.667. The van der Waals surface area contributed by atoms with Gasteiger partial charge in [0, 0.05) is 35.8 Å². The van der Waals surface area contributed by atoms with Crippen molar-refractivity contribution in [2.24, 2.45) is 11.7 Å². The van der Waals surface area contributed by atoms with Crippen LogP contribution >= 0.6 is 11.8 Å². The molecule has 0 aliphatic carbocycles. The van der Waals surface area contributed by atoms with Crippen molar-refractivity contribution in [3.05, 3.63) is 52.8 Å². The third kappa shape index (κ3) is 3.74. The Bertz CT molecular complexity index is 1020. The summed E-state index contributed by atoms with van der Waals surface area (Å²) in [5, 5.41) is 5.20. The highest BCUT2D eigenvalue weighted by molar-refractivity contribution is 7.98. The van der Waals surface area contributed by atoms with Crippen molar-refractivity contribution >= 4 is 23.4 Å². The second-order valence-electron chi connectivity index (χ2n) is 7.23.